The number of hydrogen-bond donors (Lipinski definition) is 2. The van der Waals surface area contributed by atoms with Crippen LogP contribution < -0.4 is 10.6 Å². The first-order chi connectivity index (χ1) is 12.5. The van der Waals surface area contributed by atoms with Crippen molar-refractivity contribution < 1.29 is 9.59 Å². The lowest BCUT2D eigenvalue weighted by Crippen LogP contribution is -2.44. The van der Waals surface area contributed by atoms with E-state index in [9.17, 15) is 9.59 Å². The molecule has 0 spiro atoms. The molecule has 0 unspecified atom stereocenters. The van der Waals surface area contributed by atoms with Crippen LogP contribution in [0.5, 0.6) is 0 Å². The van der Waals surface area contributed by atoms with Crippen molar-refractivity contribution in [2.45, 2.75) is 38.6 Å². The van der Waals surface area contributed by atoms with E-state index in [4.69, 9.17) is 11.6 Å². The molecular formula is C20H23ClN2O2S. The molecule has 2 aliphatic carbocycles. The van der Waals surface area contributed by atoms with Crippen molar-refractivity contribution in [3.63, 3.8) is 0 Å². The molecule has 0 radical (unpaired) electrons. The number of carbonyl (C=O) groups excluding carboxylic acids is 2. The zero-order valence-electron chi connectivity index (χ0n) is 14.8. The molecule has 2 aromatic rings. The van der Waals surface area contributed by atoms with Crippen LogP contribution in [0.25, 0.3) is 10.1 Å². The van der Waals surface area contributed by atoms with Gasteiger partial charge in [-0.25, -0.2) is 0 Å². The minimum Gasteiger partial charge on any atom is -0.352 e. The Balaban J connectivity index is 1.32. The summed E-state index contributed by atoms with van der Waals surface area (Å²) in [4.78, 5) is 25.1. The van der Waals surface area contributed by atoms with Gasteiger partial charge in [-0.2, -0.15) is 0 Å². The summed E-state index contributed by atoms with van der Waals surface area (Å²) in [5.74, 6) is 1.79. The molecule has 2 aliphatic rings. The highest BCUT2D eigenvalue weighted by molar-refractivity contribution is 7.21. The highest BCUT2D eigenvalue weighted by Crippen LogP contribution is 2.49. The van der Waals surface area contributed by atoms with Gasteiger partial charge in [0.05, 0.1) is 11.6 Å². The van der Waals surface area contributed by atoms with Crippen LogP contribution in [0.4, 0.5) is 0 Å². The summed E-state index contributed by atoms with van der Waals surface area (Å²) < 4.78 is 0.969. The van der Waals surface area contributed by atoms with Crippen LogP contribution in [0.3, 0.4) is 0 Å². The molecule has 26 heavy (non-hydrogen) atoms. The Kier molecular flexibility index (Phi) is 4.93. The first-order valence-corrected chi connectivity index (χ1v) is 10.5. The van der Waals surface area contributed by atoms with Gasteiger partial charge in [-0.15, -0.1) is 11.3 Å². The number of amides is 2. The number of carbonyl (C=O) groups is 2. The summed E-state index contributed by atoms with van der Waals surface area (Å²) in [5.41, 5.74) is 0. The van der Waals surface area contributed by atoms with Gasteiger partial charge < -0.3 is 10.6 Å². The van der Waals surface area contributed by atoms with Crippen molar-refractivity contribution in [3.8, 4) is 0 Å². The van der Waals surface area contributed by atoms with Crippen molar-refractivity contribution >= 4 is 44.8 Å². The third kappa shape index (κ3) is 3.35. The molecule has 4 rings (SSSR count). The van der Waals surface area contributed by atoms with Gasteiger partial charge in [0.2, 0.25) is 5.91 Å². The van der Waals surface area contributed by atoms with Gasteiger partial charge in [0.15, 0.2) is 0 Å². The summed E-state index contributed by atoms with van der Waals surface area (Å²) >= 11 is 7.67. The minimum absolute atomic E-state index is 0.0193. The van der Waals surface area contributed by atoms with Crippen LogP contribution in [0.1, 0.15) is 42.3 Å². The molecule has 4 atom stereocenters. The third-order valence-electron chi connectivity index (χ3n) is 5.97. The van der Waals surface area contributed by atoms with Crippen LogP contribution in [-0.4, -0.2) is 24.4 Å². The van der Waals surface area contributed by atoms with E-state index in [1.165, 1.54) is 37.0 Å². The largest absolute Gasteiger partial charge is 0.352 e. The third-order valence-corrected chi connectivity index (χ3v) is 7.65. The van der Waals surface area contributed by atoms with Gasteiger partial charge in [0.25, 0.3) is 5.91 Å². The van der Waals surface area contributed by atoms with Crippen molar-refractivity contribution in [3.05, 3.63) is 34.2 Å². The molecule has 2 saturated carbocycles. The van der Waals surface area contributed by atoms with Gasteiger partial charge >= 0.3 is 0 Å². The molecule has 0 saturated heterocycles. The summed E-state index contributed by atoms with van der Waals surface area (Å²) in [5, 5.41) is 7.11. The van der Waals surface area contributed by atoms with E-state index in [1.54, 1.807) is 0 Å². The first kappa shape index (κ1) is 17.8. The molecule has 1 aromatic heterocycles. The topological polar surface area (TPSA) is 58.2 Å². The monoisotopic (exact) mass is 390 g/mol. The Labute approximate surface area is 162 Å². The Hall–Kier alpha value is -1.59. The van der Waals surface area contributed by atoms with Crippen molar-refractivity contribution in [1.82, 2.24) is 10.6 Å². The number of fused-ring (bicyclic) bond motifs is 3. The molecule has 2 bridgehead atoms. The first-order valence-electron chi connectivity index (χ1n) is 9.27. The molecule has 1 heterocycles. The molecule has 2 fully saturated rings. The summed E-state index contributed by atoms with van der Waals surface area (Å²) in [6.07, 6.45) is 5.21. The lowest BCUT2D eigenvalue weighted by Gasteiger charge is -2.28. The van der Waals surface area contributed by atoms with Crippen molar-refractivity contribution in [1.29, 1.82) is 0 Å². The van der Waals surface area contributed by atoms with Gasteiger partial charge in [0.1, 0.15) is 4.88 Å². The van der Waals surface area contributed by atoms with E-state index in [0.717, 1.165) is 21.9 Å². The maximum atomic E-state index is 12.4. The predicted octanol–water partition coefficient (Wildman–Crippen LogP) is 4.23. The minimum atomic E-state index is -0.293. The van der Waals surface area contributed by atoms with E-state index in [-0.39, 0.29) is 24.4 Å². The average molecular weight is 391 g/mol. The molecule has 6 heteroatoms. The number of nitrogens with one attached hydrogen (secondary N) is 2. The van der Waals surface area contributed by atoms with Crippen LogP contribution >= 0.6 is 22.9 Å². The number of hydrogen-bond acceptors (Lipinski definition) is 3. The second-order valence-electron chi connectivity index (χ2n) is 7.62. The predicted molar refractivity (Wildman–Crippen MR) is 106 cm³/mol. The number of thiophene rings is 1. The van der Waals surface area contributed by atoms with Gasteiger partial charge in [-0.1, -0.05) is 36.2 Å². The summed E-state index contributed by atoms with van der Waals surface area (Å²) in [6.45, 7) is 2.07. The Morgan fingerprint density at radius 1 is 1.27 bits per heavy atom. The van der Waals surface area contributed by atoms with Crippen LogP contribution in [0, 0.1) is 17.8 Å². The summed E-state index contributed by atoms with van der Waals surface area (Å²) in [7, 11) is 0. The van der Waals surface area contributed by atoms with Crippen LogP contribution in [0.15, 0.2) is 24.3 Å². The summed E-state index contributed by atoms with van der Waals surface area (Å²) in [6, 6.07) is 7.82. The molecule has 138 valence electrons. The lowest BCUT2D eigenvalue weighted by molar-refractivity contribution is -0.121. The van der Waals surface area contributed by atoms with Crippen molar-refractivity contribution in [2.24, 2.45) is 17.8 Å². The maximum absolute atomic E-state index is 12.4. The highest BCUT2D eigenvalue weighted by Gasteiger charge is 2.42. The highest BCUT2D eigenvalue weighted by atomic mass is 35.5. The van der Waals surface area contributed by atoms with E-state index < -0.39 is 0 Å². The van der Waals surface area contributed by atoms with E-state index in [0.29, 0.717) is 15.8 Å². The quantitative estimate of drug-likeness (QED) is 0.802. The normalized spacial score (nSPS) is 25.4. The average Bonchev–Trinajstić information content (AvgIpc) is 3.34. The smallest absolute Gasteiger partial charge is 0.263 e. The molecule has 2 amide bonds. The molecule has 0 aliphatic heterocycles. The SMILES string of the molecule is C[C@H](NC(=O)CNC(=O)c1sc2ccccc2c1Cl)[C@H]1C[C@H]2CC[C@H]1C2. The Morgan fingerprint density at radius 2 is 2.08 bits per heavy atom. The molecular weight excluding hydrogens is 368 g/mol. The van der Waals surface area contributed by atoms with Crippen LogP contribution in [-0.2, 0) is 4.79 Å². The molecule has 2 N–H and O–H groups in total. The fourth-order valence-electron chi connectivity index (χ4n) is 4.72. The molecule has 1 aromatic carbocycles. The lowest BCUT2D eigenvalue weighted by atomic mass is 9.84. The van der Waals surface area contributed by atoms with Crippen molar-refractivity contribution in [2.75, 3.05) is 6.54 Å². The molecule has 4 nitrogen and oxygen atoms in total. The maximum Gasteiger partial charge on any atom is 0.263 e. The van der Waals surface area contributed by atoms with Gasteiger partial charge in [-0.05, 0) is 50.0 Å². The number of rotatable bonds is 5. The second kappa shape index (κ2) is 7.20. The number of benzene rings is 1. The zero-order valence-corrected chi connectivity index (χ0v) is 16.3. The van der Waals surface area contributed by atoms with E-state index in [2.05, 4.69) is 17.6 Å². The van der Waals surface area contributed by atoms with Gasteiger partial charge in [-0.3, -0.25) is 9.59 Å². The van der Waals surface area contributed by atoms with E-state index >= 15 is 0 Å². The van der Waals surface area contributed by atoms with Gasteiger partial charge in [0, 0.05) is 16.1 Å². The fraction of sp³-hybridized carbons (Fsp3) is 0.500. The van der Waals surface area contributed by atoms with E-state index in [1.807, 2.05) is 24.3 Å². The zero-order chi connectivity index (χ0) is 18.3. The fourth-order valence-corrected chi connectivity index (χ4v) is 6.15. The van der Waals surface area contributed by atoms with Crippen LogP contribution in [0.2, 0.25) is 5.02 Å². The Morgan fingerprint density at radius 3 is 2.77 bits per heavy atom. The standard InChI is InChI=1S/C20H23ClN2O2S/c1-11(15-9-12-6-7-13(15)8-12)23-17(24)10-22-20(25)19-18(21)14-4-2-3-5-16(14)26-19/h2-5,11-13,15H,6-10H2,1H3,(H,22,25)(H,23,24)/t11-,12-,13-,15+/m0/s1. The number of halogens is 1. The second-order valence-corrected chi connectivity index (χ2v) is 9.05. The Bertz CT molecular complexity index is 849.